The normalized spacial score (nSPS) is 10.3. The van der Waals surface area contributed by atoms with Crippen LogP contribution in [0.5, 0.6) is 0 Å². The third-order valence-electron chi connectivity index (χ3n) is 3.68. The molecular weight excluding hydrogens is 272 g/mol. The van der Waals surface area contributed by atoms with Crippen molar-refractivity contribution in [1.82, 2.24) is 0 Å². The standard InChI is InChI=1S/C19H24N2O/c1-3-5-8-15-11-13-17(14-12-15)20-19(22)21-18-10-7-6-9-16(18)4-2/h6-7,9-14H,3-5,8H2,1-2H3,(H2,20,21,22). The Hall–Kier alpha value is -2.29. The maximum absolute atomic E-state index is 12.1. The molecule has 2 N–H and O–H groups in total. The minimum absolute atomic E-state index is 0.206. The van der Waals surface area contributed by atoms with Gasteiger partial charge in [-0.1, -0.05) is 50.6 Å². The summed E-state index contributed by atoms with van der Waals surface area (Å²) in [6, 6.07) is 15.7. The highest BCUT2D eigenvalue weighted by Gasteiger charge is 2.05. The number of amides is 2. The predicted octanol–water partition coefficient (Wildman–Crippen LogP) is 5.24. The molecular formula is C19H24N2O. The summed E-state index contributed by atoms with van der Waals surface area (Å²) in [6.45, 7) is 4.27. The Morgan fingerprint density at radius 2 is 1.68 bits per heavy atom. The van der Waals surface area contributed by atoms with Crippen LogP contribution in [0.1, 0.15) is 37.8 Å². The molecule has 3 nitrogen and oxygen atoms in total. The van der Waals surface area contributed by atoms with Gasteiger partial charge >= 0.3 is 6.03 Å². The summed E-state index contributed by atoms with van der Waals surface area (Å²) in [4.78, 5) is 12.1. The molecule has 0 bridgehead atoms. The molecule has 0 saturated carbocycles. The van der Waals surface area contributed by atoms with Crippen LogP contribution in [0, 0.1) is 0 Å². The number of rotatable bonds is 6. The number of aryl methyl sites for hydroxylation is 2. The van der Waals surface area contributed by atoms with E-state index in [4.69, 9.17) is 0 Å². The number of hydrogen-bond donors (Lipinski definition) is 2. The number of para-hydroxylation sites is 1. The lowest BCUT2D eigenvalue weighted by molar-refractivity contribution is 0.262. The van der Waals surface area contributed by atoms with Crippen molar-refractivity contribution in [2.45, 2.75) is 39.5 Å². The fourth-order valence-corrected chi connectivity index (χ4v) is 2.37. The lowest BCUT2D eigenvalue weighted by Crippen LogP contribution is -2.20. The molecule has 0 aliphatic heterocycles. The average Bonchev–Trinajstić information content (AvgIpc) is 2.54. The highest BCUT2D eigenvalue weighted by atomic mass is 16.2. The zero-order valence-corrected chi connectivity index (χ0v) is 13.4. The number of unbranched alkanes of at least 4 members (excludes halogenated alkanes) is 1. The maximum Gasteiger partial charge on any atom is 0.323 e. The zero-order chi connectivity index (χ0) is 15.8. The Balaban J connectivity index is 1.94. The van der Waals surface area contributed by atoms with Crippen molar-refractivity contribution in [1.29, 1.82) is 0 Å². The third kappa shape index (κ3) is 4.62. The molecule has 0 atom stereocenters. The topological polar surface area (TPSA) is 41.1 Å². The van der Waals surface area contributed by atoms with Crippen LogP contribution in [0.25, 0.3) is 0 Å². The Bertz CT molecular complexity index is 605. The molecule has 0 saturated heterocycles. The molecule has 2 amide bonds. The molecule has 0 spiro atoms. The van der Waals surface area contributed by atoms with Gasteiger partial charge in [0, 0.05) is 11.4 Å². The quantitative estimate of drug-likeness (QED) is 0.752. The Morgan fingerprint density at radius 1 is 0.955 bits per heavy atom. The molecule has 2 aromatic carbocycles. The number of carbonyl (C=O) groups excluding carboxylic acids is 1. The summed E-state index contributed by atoms with van der Waals surface area (Å²) in [5.41, 5.74) is 4.12. The smallest absolute Gasteiger partial charge is 0.308 e. The highest BCUT2D eigenvalue weighted by molar-refractivity contribution is 6.00. The summed E-state index contributed by atoms with van der Waals surface area (Å²) < 4.78 is 0. The highest BCUT2D eigenvalue weighted by Crippen LogP contribution is 2.16. The van der Waals surface area contributed by atoms with E-state index in [0.717, 1.165) is 29.8 Å². The molecule has 116 valence electrons. The first-order valence-corrected chi connectivity index (χ1v) is 7.97. The molecule has 2 rings (SSSR count). The molecule has 0 aliphatic rings. The van der Waals surface area contributed by atoms with Crippen molar-refractivity contribution in [2.24, 2.45) is 0 Å². The largest absolute Gasteiger partial charge is 0.323 e. The average molecular weight is 296 g/mol. The van der Waals surface area contributed by atoms with Crippen LogP contribution in [0.15, 0.2) is 48.5 Å². The van der Waals surface area contributed by atoms with E-state index < -0.39 is 0 Å². The first-order chi connectivity index (χ1) is 10.7. The summed E-state index contributed by atoms with van der Waals surface area (Å²) in [7, 11) is 0. The molecule has 3 heteroatoms. The van der Waals surface area contributed by atoms with Gasteiger partial charge in [-0.15, -0.1) is 0 Å². The molecule has 0 aromatic heterocycles. The summed E-state index contributed by atoms with van der Waals surface area (Å²) in [6.07, 6.45) is 4.37. The Morgan fingerprint density at radius 3 is 2.36 bits per heavy atom. The van der Waals surface area contributed by atoms with Gasteiger partial charge in [0.05, 0.1) is 0 Å². The first-order valence-electron chi connectivity index (χ1n) is 7.97. The molecule has 22 heavy (non-hydrogen) atoms. The second kappa shape index (κ2) is 8.23. The number of carbonyl (C=O) groups is 1. The molecule has 0 radical (unpaired) electrons. The number of hydrogen-bond acceptors (Lipinski definition) is 1. The van der Waals surface area contributed by atoms with Crippen molar-refractivity contribution < 1.29 is 4.79 Å². The van der Waals surface area contributed by atoms with Gasteiger partial charge in [0.25, 0.3) is 0 Å². The second-order valence-corrected chi connectivity index (χ2v) is 5.39. The fraction of sp³-hybridized carbons (Fsp3) is 0.316. The lowest BCUT2D eigenvalue weighted by atomic mass is 10.1. The first kappa shape index (κ1) is 16.1. The van der Waals surface area contributed by atoms with Crippen molar-refractivity contribution in [2.75, 3.05) is 10.6 Å². The summed E-state index contributed by atoms with van der Waals surface area (Å²) in [5, 5.41) is 5.78. The molecule has 0 fully saturated rings. The van der Waals surface area contributed by atoms with Gasteiger partial charge in [-0.3, -0.25) is 0 Å². The monoisotopic (exact) mass is 296 g/mol. The minimum Gasteiger partial charge on any atom is -0.308 e. The van der Waals surface area contributed by atoms with Gasteiger partial charge in [0.1, 0.15) is 0 Å². The van der Waals surface area contributed by atoms with Crippen LogP contribution >= 0.6 is 0 Å². The van der Waals surface area contributed by atoms with Crippen molar-refractivity contribution in [3.8, 4) is 0 Å². The number of urea groups is 1. The molecule has 0 unspecified atom stereocenters. The Kier molecular flexibility index (Phi) is 6.01. The summed E-state index contributed by atoms with van der Waals surface area (Å²) >= 11 is 0. The van der Waals surface area contributed by atoms with Crippen LogP contribution in [0.4, 0.5) is 16.2 Å². The van der Waals surface area contributed by atoms with Crippen molar-refractivity contribution in [3.05, 3.63) is 59.7 Å². The van der Waals surface area contributed by atoms with Gasteiger partial charge in [-0.25, -0.2) is 4.79 Å². The van der Waals surface area contributed by atoms with E-state index in [2.05, 4.69) is 36.6 Å². The fourth-order valence-electron chi connectivity index (χ4n) is 2.37. The third-order valence-corrected chi connectivity index (χ3v) is 3.68. The SMILES string of the molecule is CCCCc1ccc(NC(=O)Nc2ccccc2CC)cc1. The maximum atomic E-state index is 12.1. The zero-order valence-electron chi connectivity index (χ0n) is 13.4. The lowest BCUT2D eigenvalue weighted by Gasteiger charge is -2.11. The van der Waals surface area contributed by atoms with E-state index in [1.807, 2.05) is 36.4 Å². The second-order valence-electron chi connectivity index (χ2n) is 5.39. The van der Waals surface area contributed by atoms with E-state index in [-0.39, 0.29) is 6.03 Å². The van der Waals surface area contributed by atoms with E-state index in [9.17, 15) is 4.79 Å². The number of nitrogens with one attached hydrogen (secondary N) is 2. The van der Waals surface area contributed by atoms with E-state index in [1.165, 1.54) is 18.4 Å². The van der Waals surface area contributed by atoms with Crippen LogP contribution in [-0.4, -0.2) is 6.03 Å². The van der Waals surface area contributed by atoms with Crippen molar-refractivity contribution in [3.63, 3.8) is 0 Å². The summed E-state index contributed by atoms with van der Waals surface area (Å²) in [5.74, 6) is 0. The number of anilines is 2. The van der Waals surface area contributed by atoms with Gasteiger partial charge in [0.15, 0.2) is 0 Å². The van der Waals surface area contributed by atoms with Gasteiger partial charge in [0.2, 0.25) is 0 Å². The van der Waals surface area contributed by atoms with E-state index in [0.29, 0.717) is 0 Å². The minimum atomic E-state index is -0.206. The van der Waals surface area contributed by atoms with Gasteiger partial charge < -0.3 is 10.6 Å². The number of benzene rings is 2. The van der Waals surface area contributed by atoms with E-state index >= 15 is 0 Å². The molecule has 0 aliphatic carbocycles. The van der Waals surface area contributed by atoms with Crippen LogP contribution in [0.3, 0.4) is 0 Å². The van der Waals surface area contributed by atoms with Crippen LogP contribution in [0.2, 0.25) is 0 Å². The predicted molar refractivity (Wildman–Crippen MR) is 93.5 cm³/mol. The molecule has 2 aromatic rings. The van der Waals surface area contributed by atoms with Crippen LogP contribution in [-0.2, 0) is 12.8 Å². The van der Waals surface area contributed by atoms with E-state index in [1.54, 1.807) is 0 Å². The Labute approximate surface area is 132 Å². The van der Waals surface area contributed by atoms with Gasteiger partial charge in [-0.2, -0.15) is 0 Å². The van der Waals surface area contributed by atoms with Crippen molar-refractivity contribution >= 4 is 17.4 Å². The van der Waals surface area contributed by atoms with Crippen LogP contribution < -0.4 is 10.6 Å². The van der Waals surface area contributed by atoms with Gasteiger partial charge in [-0.05, 0) is 48.6 Å². The molecule has 0 heterocycles.